The Morgan fingerprint density at radius 2 is 1.84 bits per heavy atom. The standard InChI is InChI=1S/C31H33Cl2N3O7/c1-4-42-29(39)18-35-15-14-34(17-28(35)38)27(37)13-11-24-23-10-12-26(33)36(23)22-9-8-19(32)16-21(22)30(43-24)20-6-5-7-25(40-2)31(20)41-3/h5-10,12,16,24,30H,4,11,13-15,17-18H2,1-3H3/t24-,30-/m1/s1. The fraction of sp³-hybridized carbons (Fsp3) is 0.387. The second kappa shape index (κ2) is 13.3. The molecule has 2 atom stereocenters. The van der Waals surface area contributed by atoms with Gasteiger partial charge in [-0.05, 0) is 49.7 Å². The molecule has 0 spiro atoms. The average molecular weight is 631 g/mol. The lowest BCUT2D eigenvalue weighted by molar-refractivity contribution is -0.153. The van der Waals surface area contributed by atoms with Crippen LogP contribution in [0.3, 0.4) is 0 Å². The zero-order valence-electron chi connectivity index (χ0n) is 24.2. The number of rotatable bonds is 9. The first-order valence-corrected chi connectivity index (χ1v) is 14.8. The van der Waals surface area contributed by atoms with E-state index in [0.29, 0.717) is 34.6 Å². The number of amides is 2. The van der Waals surface area contributed by atoms with Gasteiger partial charge in [-0.1, -0.05) is 35.3 Å². The molecule has 5 rings (SSSR count). The van der Waals surface area contributed by atoms with Crippen LogP contribution in [0.15, 0.2) is 48.5 Å². The normalized spacial score (nSPS) is 18.0. The van der Waals surface area contributed by atoms with Crippen LogP contribution in [0, 0.1) is 0 Å². The summed E-state index contributed by atoms with van der Waals surface area (Å²) in [6.45, 7) is 2.32. The first-order valence-electron chi connectivity index (χ1n) is 14.0. The Bertz CT molecular complexity index is 1520. The zero-order valence-corrected chi connectivity index (χ0v) is 25.7. The number of benzene rings is 2. The van der Waals surface area contributed by atoms with Crippen LogP contribution >= 0.6 is 23.2 Å². The van der Waals surface area contributed by atoms with Crippen molar-refractivity contribution in [2.24, 2.45) is 0 Å². The number of carbonyl (C=O) groups excluding carboxylic acids is 3. The van der Waals surface area contributed by atoms with Gasteiger partial charge in [-0.2, -0.15) is 0 Å². The molecule has 0 bridgehead atoms. The zero-order chi connectivity index (χ0) is 30.7. The van der Waals surface area contributed by atoms with Crippen LogP contribution in [0.1, 0.15) is 48.8 Å². The molecule has 0 unspecified atom stereocenters. The topological polar surface area (TPSA) is 99.5 Å². The minimum absolute atomic E-state index is 0.0977. The van der Waals surface area contributed by atoms with Crippen molar-refractivity contribution in [2.75, 3.05) is 47.0 Å². The molecule has 0 aliphatic carbocycles. The Balaban J connectivity index is 1.41. The van der Waals surface area contributed by atoms with E-state index >= 15 is 0 Å². The van der Waals surface area contributed by atoms with Crippen molar-refractivity contribution in [2.45, 2.75) is 32.0 Å². The van der Waals surface area contributed by atoms with Gasteiger partial charge in [0.05, 0.1) is 44.9 Å². The third-order valence-corrected chi connectivity index (χ3v) is 8.17. The summed E-state index contributed by atoms with van der Waals surface area (Å²) in [6, 6.07) is 14.8. The number of halogens is 2. The van der Waals surface area contributed by atoms with Crippen molar-refractivity contribution < 1.29 is 33.3 Å². The number of piperazine rings is 1. The molecule has 12 heteroatoms. The van der Waals surface area contributed by atoms with Gasteiger partial charge in [0.2, 0.25) is 11.8 Å². The van der Waals surface area contributed by atoms with Crippen LogP contribution in [0.25, 0.3) is 5.69 Å². The quantitative estimate of drug-likeness (QED) is 0.308. The van der Waals surface area contributed by atoms with Crippen molar-refractivity contribution in [3.8, 4) is 17.2 Å². The van der Waals surface area contributed by atoms with E-state index in [1.165, 1.54) is 9.80 Å². The number of ether oxygens (including phenoxy) is 4. The number of methoxy groups -OCH3 is 2. The van der Waals surface area contributed by atoms with Gasteiger partial charge in [-0.3, -0.25) is 14.4 Å². The summed E-state index contributed by atoms with van der Waals surface area (Å²) in [7, 11) is 3.14. The number of esters is 1. The van der Waals surface area contributed by atoms with Gasteiger partial charge in [0.1, 0.15) is 17.8 Å². The van der Waals surface area contributed by atoms with Gasteiger partial charge in [-0.15, -0.1) is 0 Å². The largest absolute Gasteiger partial charge is 0.493 e. The average Bonchev–Trinajstić information content (AvgIpc) is 3.32. The number of para-hydroxylation sites is 1. The van der Waals surface area contributed by atoms with Gasteiger partial charge in [0.25, 0.3) is 0 Å². The van der Waals surface area contributed by atoms with Crippen molar-refractivity contribution in [1.82, 2.24) is 14.4 Å². The number of carbonyl (C=O) groups is 3. The van der Waals surface area contributed by atoms with Crippen LogP contribution in [0.5, 0.6) is 11.5 Å². The first-order chi connectivity index (χ1) is 20.7. The highest BCUT2D eigenvalue weighted by Gasteiger charge is 2.35. The van der Waals surface area contributed by atoms with Crippen molar-refractivity contribution in [3.05, 3.63) is 75.5 Å². The van der Waals surface area contributed by atoms with Crippen molar-refractivity contribution in [1.29, 1.82) is 0 Å². The van der Waals surface area contributed by atoms with Crippen molar-refractivity contribution >= 4 is 41.0 Å². The maximum absolute atomic E-state index is 13.3. The maximum atomic E-state index is 13.3. The number of nitrogens with zero attached hydrogens (tertiary/aromatic N) is 3. The van der Waals surface area contributed by atoms with E-state index in [2.05, 4.69) is 0 Å². The van der Waals surface area contributed by atoms with E-state index in [4.69, 9.17) is 42.1 Å². The molecule has 1 fully saturated rings. The molecule has 10 nitrogen and oxygen atoms in total. The Labute approximate surface area is 259 Å². The van der Waals surface area contributed by atoms with Crippen LogP contribution in [-0.4, -0.2) is 79.2 Å². The van der Waals surface area contributed by atoms with E-state index in [1.807, 2.05) is 41.0 Å². The lowest BCUT2D eigenvalue weighted by atomic mass is 9.98. The SMILES string of the molecule is CCOC(=O)CN1CCN(C(=O)CC[C@H]2O[C@H](c3cccc(OC)c3OC)c3cc(Cl)ccc3-n3c(Cl)ccc32)CC1=O. The summed E-state index contributed by atoms with van der Waals surface area (Å²) in [6.07, 6.45) is -0.745. The Morgan fingerprint density at radius 3 is 2.56 bits per heavy atom. The number of hydrogen-bond donors (Lipinski definition) is 0. The molecule has 0 saturated carbocycles. The summed E-state index contributed by atoms with van der Waals surface area (Å²) in [5, 5.41) is 1.01. The lowest BCUT2D eigenvalue weighted by Crippen LogP contribution is -2.53. The van der Waals surface area contributed by atoms with Crippen LogP contribution in [-0.2, 0) is 23.9 Å². The van der Waals surface area contributed by atoms with Gasteiger partial charge < -0.3 is 33.3 Å². The Kier molecular flexibility index (Phi) is 9.49. The Hall–Kier alpha value is -3.73. The highest BCUT2D eigenvalue weighted by molar-refractivity contribution is 6.31. The summed E-state index contributed by atoms with van der Waals surface area (Å²) in [4.78, 5) is 40.8. The van der Waals surface area contributed by atoms with Crippen LogP contribution < -0.4 is 9.47 Å². The molecule has 2 amide bonds. The second-order valence-electron chi connectivity index (χ2n) is 10.2. The molecule has 228 valence electrons. The third kappa shape index (κ3) is 6.32. The molecule has 0 radical (unpaired) electrons. The van der Waals surface area contributed by atoms with E-state index in [9.17, 15) is 14.4 Å². The van der Waals surface area contributed by atoms with Crippen LogP contribution in [0.4, 0.5) is 0 Å². The smallest absolute Gasteiger partial charge is 0.325 e. The van der Waals surface area contributed by atoms with Gasteiger partial charge in [0.15, 0.2) is 11.5 Å². The second-order valence-corrected chi connectivity index (χ2v) is 11.0. The molecule has 1 aromatic heterocycles. The lowest BCUT2D eigenvalue weighted by Gasteiger charge is -2.34. The molecular formula is C31H33Cl2N3O7. The molecule has 2 aromatic carbocycles. The first kappa shape index (κ1) is 30.7. The van der Waals surface area contributed by atoms with E-state index in [0.717, 1.165) is 22.5 Å². The number of hydrogen-bond acceptors (Lipinski definition) is 7. The molecule has 2 aliphatic heterocycles. The van der Waals surface area contributed by atoms with E-state index in [-0.39, 0.29) is 44.5 Å². The van der Waals surface area contributed by atoms with Gasteiger partial charge in [-0.25, -0.2) is 0 Å². The predicted molar refractivity (Wildman–Crippen MR) is 160 cm³/mol. The summed E-state index contributed by atoms with van der Waals surface area (Å²) >= 11 is 13.2. The minimum atomic E-state index is -0.636. The van der Waals surface area contributed by atoms with Gasteiger partial charge >= 0.3 is 5.97 Å². The molecule has 1 saturated heterocycles. The highest BCUT2D eigenvalue weighted by atomic mass is 35.5. The number of fused-ring (bicyclic) bond motifs is 3. The van der Waals surface area contributed by atoms with Gasteiger partial charge in [0, 0.05) is 35.7 Å². The molecule has 2 aliphatic rings. The molecule has 3 aromatic rings. The summed E-state index contributed by atoms with van der Waals surface area (Å²) in [5.74, 6) is 0.126. The molecule has 3 heterocycles. The predicted octanol–water partition coefficient (Wildman–Crippen LogP) is 4.98. The van der Waals surface area contributed by atoms with Crippen LogP contribution in [0.2, 0.25) is 10.2 Å². The molecule has 0 N–H and O–H groups in total. The Morgan fingerprint density at radius 1 is 1.02 bits per heavy atom. The minimum Gasteiger partial charge on any atom is -0.493 e. The molecular weight excluding hydrogens is 597 g/mol. The maximum Gasteiger partial charge on any atom is 0.325 e. The monoisotopic (exact) mass is 629 g/mol. The number of aromatic nitrogens is 1. The third-order valence-electron chi connectivity index (χ3n) is 7.64. The fourth-order valence-electron chi connectivity index (χ4n) is 5.62. The summed E-state index contributed by atoms with van der Waals surface area (Å²) < 4.78 is 25.0. The van der Waals surface area contributed by atoms with E-state index in [1.54, 1.807) is 33.3 Å². The fourth-order valence-corrected chi connectivity index (χ4v) is 6.05. The molecule has 43 heavy (non-hydrogen) atoms. The summed E-state index contributed by atoms with van der Waals surface area (Å²) in [5.41, 5.74) is 3.07. The van der Waals surface area contributed by atoms with Crippen molar-refractivity contribution in [3.63, 3.8) is 0 Å². The highest BCUT2D eigenvalue weighted by Crippen LogP contribution is 2.47. The van der Waals surface area contributed by atoms with E-state index < -0.39 is 18.2 Å².